The Labute approximate surface area is 92.9 Å². The van der Waals surface area contributed by atoms with Crippen LogP contribution in [0, 0.1) is 3.57 Å². The highest BCUT2D eigenvalue weighted by molar-refractivity contribution is 14.1. The molecule has 0 aliphatic heterocycles. The summed E-state index contributed by atoms with van der Waals surface area (Å²) >= 11 is 3.77. The van der Waals surface area contributed by atoms with Crippen molar-refractivity contribution in [3.8, 4) is 0 Å². The number of aldehydes is 1. The van der Waals surface area contributed by atoms with Crippen molar-refractivity contribution in [3.63, 3.8) is 0 Å². The minimum Gasteiger partial charge on any atom is -0.398 e. The van der Waals surface area contributed by atoms with Crippen molar-refractivity contribution in [1.82, 2.24) is 0 Å². The van der Waals surface area contributed by atoms with E-state index in [9.17, 15) is 4.79 Å². The molecule has 0 saturated heterocycles. The van der Waals surface area contributed by atoms with Gasteiger partial charge in [0.2, 0.25) is 0 Å². The molecule has 1 aromatic heterocycles. The van der Waals surface area contributed by atoms with Crippen molar-refractivity contribution in [2.24, 2.45) is 0 Å². The van der Waals surface area contributed by atoms with E-state index in [-0.39, 0.29) is 0 Å². The van der Waals surface area contributed by atoms with Crippen LogP contribution in [-0.2, 0) is 0 Å². The Kier molecular flexibility index (Phi) is 2.25. The van der Waals surface area contributed by atoms with Crippen molar-refractivity contribution in [2.45, 2.75) is 0 Å². The molecule has 0 unspecified atom stereocenters. The fraction of sp³-hybridized carbons (Fsp3) is 0. The summed E-state index contributed by atoms with van der Waals surface area (Å²) in [4.78, 5) is 10.6. The Bertz CT molecular complexity index is 478. The first kappa shape index (κ1) is 8.96. The Balaban J connectivity index is 2.86. The Morgan fingerprint density at radius 2 is 2.23 bits per heavy atom. The summed E-state index contributed by atoms with van der Waals surface area (Å²) in [5.74, 6) is 0. The molecular formula is C9H6INOS. The van der Waals surface area contributed by atoms with Crippen LogP contribution in [0.2, 0.25) is 0 Å². The molecule has 0 atom stereocenters. The third-order valence-electron chi connectivity index (χ3n) is 1.81. The van der Waals surface area contributed by atoms with Gasteiger partial charge in [0.15, 0.2) is 0 Å². The minimum atomic E-state index is 0.707. The van der Waals surface area contributed by atoms with Gasteiger partial charge in [-0.2, -0.15) is 0 Å². The van der Waals surface area contributed by atoms with Gasteiger partial charge >= 0.3 is 0 Å². The summed E-state index contributed by atoms with van der Waals surface area (Å²) < 4.78 is 2.11. The molecule has 2 nitrogen and oxygen atoms in total. The van der Waals surface area contributed by atoms with Crippen LogP contribution in [0.5, 0.6) is 0 Å². The van der Waals surface area contributed by atoms with Crippen LogP contribution in [0.4, 0.5) is 5.69 Å². The Hall–Kier alpha value is -0.620. The van der Waals surface area contributed by atoms with E-state index in [1.54, 1.807) is 11.3 Å². The van der Waals surface area contributed by atoms with E-state index in [0.29, 0.717) is 5.56 Å². The highest BCUT2D eigenvalue weighted by atomic mass is 127. The summed E-state index contributed by atoms with van der Waals surface area (Å²) in [6.45, 7) is 0. The zero-order valence-corrected chi connectivity index (χ0v) is 9.56. The highest BCUT2D eigenvalue weighted by Crippen LogP contribution is 2.32. The van der Waals surface area contributed by atoms with Crippen molar-refractivity contribution in [2.75, 3.05) is 5.73 Å². The lowest BCUT2D eigenvalue weighted by Crippen LogP contribution is -1.86. The van der Waals surface area contributed by atoms with Crippen LogP contribution in [0.1, 0.15) is 10.4 Å². The predicted molar refractivity (Wildman–Crippen MR) is 64.3 cm³/mol. The van der Waals surface area contributed by atoms with Crippen LogP contribution in [0.3, 0.4) is 0 Å². The van der Waals surface area contributed by atoms with Gasteiger partial charge in [0, 0.05) is 24.6 Å². The summed E-state index contributed by atoms with van der Waals surface area (Å²) in [5.41, 5.74) is 7.29. The maximum atomic E-state index is 10.6. The number of hydrogen-bond donors (Lipinski definition) is 1. The van der Waals surface area contributed by atoms with Gasteiger partial charge in [-0.15, -0.1) is 11.3 Å². The van der Waals surface area contributed by atoms with E-state index in [2.05, 4.69) is 22.6 Å². The SMILES string of the molecule is Nc1csc2cc(C=O)cc(I)c12. The van der Waals surface area contributed by atoms with E-state index >= 15 is 0 Å². The maximum Gasteiger partial charge on any atom is 0.150 e. The molecule has 4 heteroatoms. The second-order valence-electron chi connectivity index (χ2n) is 2.68. The van der Waals surface area contributed by atoms with Gasteiger partial charge in [-0.3, -0.25) is 4.79 Å². The molecule has 0 aliphatic carbocycles. The molecular weight excluding hydrogens is 297 g/mol. The van der Waals surface area contributed by atoms with E-state index < -0.39 is 0 Å². The highest BCUT2D eigenvalue weighted by Gasteiger charge is 2.06. The summed E-state index contributed by atoms with van der Waals surface area (Å²) in [7, 11) is 0. The van der Waals surface area contributed by atoms with E-state index in [0.717, 1.165) is 25.6 Å². The molecule has 0 radical (unpaired) electrons. The number of thiophene rings is 1. The van der Waals surface area contributed by atoms with Crippen molar-refractivity contribution in [3.05, 3.63) is 26.6 Å². The first-order valence-corrected chi connectivity index (χ1v) is 5.59. The molecule has 0 fully saturated rings. The first-order valence-electron chi connectivity index (χ1n) is 3.64. The number of carbonyl (C=O) groups is 1. The maximum absolute atomic E-state index is 10.6. The van der Waals surface area contributed by atoms with Gasteiger partial charge < -0.3 is 5.73 Å². The number of rotatable bonds is 1. The molecule has 66 valence electrons. The first-order chi connectivity index (χ1) is 6.22. The second kappa shape index (κ2) is 3.26. The van der Waals surface area contributed by atoms with Gasteiger partial charge in [-0.1, -0.05) is 0 Å². The number of carbonyl (C=O) groups excluding carboxylic acids is 1. The van der Waals surface area contributed by atoms with Crippen molar-refractivity contribution < 1.29 is 4.79 Å². The average Bonchev–Trinajstić information content (AvgIpc) is 2.48. The standard InChI is InChI=1S/C9H6INOS/c10-6-1-5(3-12)2-8-9(6)7(11)4-13-8/h1-4H,11H2. The topological polar surface area (TPSA) is 43.1 Å². The van der Waals surface area contributed by atoms with Gasteiger partial charge in [-0.05, 0) is 34.7 Å². The predicted octanol–water partition coefficient (Wildman–Crippen LogP) is 2.90. The van der Waals surface area contributed by atoms with Gasteiger partial charge in [0.25, 0.3) is 0 Å². The van der Waals surface area contributed by atoms with Crippen LogP contribution in [0.15, 0.2) is 17.5 Å². The zero-order valence-electron chi connectivity index (χ0n) is 6.58. The normalized spacial score (nSPS) is 10.5. The fourth-order valence-corrected chi connectivity index (χ4v) is 3.29. The molecule has 0 aliphatic rings. The smallest absolute Gasteiger partial charge is 0.150 e. The number of nitrogens with two attached hydrogens (primary N) is 1. The average molecular weight is 303 g/mol. The Morgan fingerprint density at radius 1 is 1.46 bits per heavy atom. The molecule has 2 N–H and O–H groups in total. The molecule has 2 rings (SSSR count). The molecule has 2 aromatic rings. The summed E-state index contributed by atoms with van der Waals surface area (Å²) in [6.07, 6.45) is 0.859. The van der Waals surface area contributed by atoms with Crippen molar-refractivity contribution >= 4 is 56.0 Å². The largest absolute Gasteiger partial charge is 0.398 e. The minimum absolute atomic E-state index is 0.707. The number of nitrogen functional groups attached to an aromatic ring is 1. The lowest BCUT2D eigenvalue weighted by Gasteiger charge is -1.97. The molecule has 0 bridgehead atoms. The number of benzene rings is 1. The summed E-state index contributed by atoms with van der Waals surface area (Å²) in [6, 6.07) is 3.71. The van der Waals surface area contributed by atoms with E-state index in [1.165, 1.54) is 0 Å². The third-order valence-corrected chi connectivity index (χ3v) is 3.61. The van der Waals surface area contributed by atoms with Gasteiger partial charge in [0.1, 0.15) is 6.29 Å². The molecule has 0 saturated carbocycles. The van der Waals surface area contributed by atoms with Gasteiger partial charge in [-0.25, -0.2) is 0 Å². The molecule has 0 spiro atoms. The quantitative estimate of drug-likeness (QED) is 0.650. The zero-order chi connectivity index (χ0) is 9.42. The van der Waals surface area contributed by atoms with Crippen LogP contribution in [-0.4, -0.2) is 6.29 Å². The van der Waals surface area contributed by atoms with Crippen LogP contribution < -0.4 is 5.73 Å². The number of anilines is 1. The summed E-state index contributed by atoms with van der Waals surface area (Å²) in [5, 5.41) is 2.97. The lowest BCUT2D eigenvalue weighted by atomic mass is 10.2. The Morgan fingerprint density at radius 3 is 2.92 bits per heavy atom. The van der Waals surface area contributed by atoms with Crippen LogP contribution >= 0.6 is 33.9 Å². The van der Waals surface area contributed by atoms with E-state index in [1.807, 2.05) is 17.5 Å². The number of fused-ring (bicyclic) bond motifs is 1. The second-order valence-corrected chi connectivity index (χ2v) is 4.76. The molecule has 13 heavy (non-hydrogen) atoms. The molecule has 0 amide bonds. The fourth-order valence-electron chi connectivity index (χ4n) is 1.23. The molecule has 1 heterocycles. The number of halogens is 1. The third kappa shape index (κ3) is 1.44. The van der Waals surface area contributed by atoms with Crippen molar-refractivity contribution in [1.29, 1.82) is 0 Å². The lowest BCUT2D eigenvalue weighted by molar-refractivity contribution is 0.112. The van der Waals surface area contributed by atoms with Gasteiger partial charge in [0.05, 0.1) is 5.69 Å². The monoisotopic (exact) mass is 303 g/mol. The molecule has 1 aromatic carbocycles. The number of hydrogen-bond acceptors (Lipinski definition) is 3. The van der Waals surface area contributed by atoms with E-state index in [4.69, 9.17) is 5.73 Å². The van der Waals surface area contributed by atoms with Crippen LogP contribution in [0.25, 0.3) is 10.1 Å².